The van der Waals surface area contributed by atoms with Crippen LogP contribution in [0.15, 0.2) is 35.2 Å². The molecular formula is C25H44O5SSi2. The van der Waals surface area contributed by atoms with Crippen LogP contribution < -0.4 is 0 Å². The lowest BCUT2D eigenvalue weighted by atomic mass is 10.1. The van der Waals surface area contributed by atoms with E-state index in [1.165, 1.54) is 6.92 Å². The summed E-state index contributed by atoms with van der Waals surface area (Å²) in [5, 5.41) is 0. The molecule has 0 aromatic heterocycles. The van der Waals surface area contributed by atoms with E-state index in [0.717, 1.165) is 41.2 Å². The molecule has 1 aromatic rings. The van der Waals surface area contributed by atoms with E-state index in [2.05, 4.69) is 53.7 Å². The highest BCUT2D eigenvalue weighted by molar-refractivity contribution is 7.99. The number of esters is 1. The Morgan fingerprint density at radius 2 is 1.39 bits per heavy atom. The van der Waals surface area contributed by atoms with Crippen molar-refractivity contribution in [3.05, 3.63) is 30.3 Å². The largest absolute Gasteiger partial charge is 0.456 e. The number of ether oxygens (including phenoxy) is 2. The Kier molecular flexibility index (Phi) is 11.6. The third kappa shape index (κ3) is 7.42. The SMILES string of the molecule is CC[Si](CC)(CC)O[C@@H]1[C@@H](OC(C)=O)[C@@H](Sc2ccccc2)OC[C@@H]1O[Si](CC)(CC)CC. The van der Waals surface area contributed by atoms with Crippen molar-refractivity contribution in [3.8, 4) is 0 Å². The van der Waals surface area contributed by atoms with Crippen LogP contribution in [0.25, 0.3) is 0 Å². The molecule has 188 valence electrons. The van der Waals surface area contributed by atoms with E-state index in [9.17, 15) is 4.79 Å². The highest BCUT2D eigenvalue weighted by atomic mass is 32.2. The lowest BCUT2D eigenvalue weighted by Gasteiger charge is -2.47. The molecule has 1 aliphatic heterocycles. The van der Waals surface area contributed by atoms with Gasteiger partial charge >= 0.3 is 5.97 Å². The van der Waals surface area contributed by atoms with Gasteiger partial charge in [-0.25, -0.2) is 0 Å². The highest BCUT2D eigenvalue weighted by Gasteiger charge is 2.50. The molecule has 0 unspecified atom stereocenters. The van der Waals surface area contributed by atoms with Crippen molar-refractivity contribution in [2.45, 2.75) is 113 Å². The molecule has 0 saturated carbocycles. The first kappa shape index (κ1) is 28.6. The van der Waals surface area contributed by atoms with E-state index in [0.29, 0.717) is 6.61 Å². The monoisotopic (exact) mass is 512 g/mol. The molecule has 1 aromatic carbocycles. The maximum atomic E-state index is 12.2. The highest BCUT2D eigenvalue weighted by Crippen LogP contribution is 2.39. The summed E-state index contributed by atoms with van der Waals surface area (Å²) in [6.45, 7) is 15.3. The smallest absolute Gasteiger partial charge is 0.303 e. The van der Waals surface area contributed by atoms with Crippen LogP contribution in [-0.2, 0) is 23.1 Å². The fourth-order valence-corrected chi connectivity index (χ4v) is 11.4. The molecular weight excluding hydrogens is 469 g/mol. The predicted molar refractivity (Wildman–Crippen MR) is 142 cm³/mol. The predicted octanol–water partition coefficient (Wildman–Crippen LogP) is 6.85. The summed E-state index contributed by atoms with van der Waals surface area (Å²) in [4.78, 5) is 13.3. The van der Waals surface area contributed by atoms with Crippen molar-refractivity contribution >= 4 is 34.4 Å². The fraction of sp³-hybridized carbons (Fsp3) is 0.720. The fourth-order valence-electron chi connectivity index (χ4n) is 4.65. The van der Waals surface area contributed by atoms with Crippen LogP contribution in [0.1, 0.15) is 48.5 Å². The first-order chi connectivity index (χ1) is 15.8. The summed E-state index contributed by atoms with van der Waals surface area (Å²) in [6.07, 6.45) is -1.04. The van der Waals surface area contributed by atoms with Gasteiger partial charge in [0.15, 0.2) is 22.7 Å². The van der Waals surface area contributed by atoms with Crippen LogP contribution in [0.2, 0.25) is 36.3 Å². The summed E-state index contributed by atoms with van der Waals surface area (Å²) in [7, 11) is -3.90. The second-order valence-corrected chi connectivity index (χ2v) is 19.6. The topological polar surface area (TPSA) is 54.0 Å². The Morgan fingerprint density at radius 3 is 1.88 bits per heavy atom. The number of carbonyl (C=O) groups is 1. The molecule has 8 heteroatoms. The van der Waals surface area contributed by atoms with Crippen LogP contribution in [0.3, 0.4) is 0 Å². The van der Waals surface area contributed by atoms with Crippen LogP contribution in [-0.4, -0.2) is 53.0 Å². The number of benzene rings is 1. The molecule has 0 spiro atoms. The molecule has 2 rings (SSSR count). The van der Waals surface area contributed by atoms with Crippen molar-refractivity contribution in [1.82, 2.24) is 0 Å². The summed E-state index contributed by atoms with van der Waals surface area (Å²) < 4.78 is 26.3. The molecule has 5 nitrogen and oxygen atoms in total. The zero-order valence-corrected chi connectivity index (χ0v) is 24.4. The maximum absolute atomic E-state index is 12.2. The van der Waals surface area contributed by atoms with Gasteiger partial charge in [0.05, 0.1) is 12.7 Å². The second kappa shape index (κ2) is 13.4. The first-order valence-corrected chi connectivity index (χ1v) is 18.6. The minimum absolute atomic E-state index is 0.218. The average Bonchev–Trinajstić information content (AvgIpc) is 2.84. The molecule has 33 heavy (non-hydrogen) atoms. The number of carbonyl (C=O) groups excluding carboxylic acids is 1. The Labute approximate surface area is 207 Å². The van der Waals surface area contributed by atoms with E-state index in [1.54, 1.807) is 11.8 Å². The van der Waals surface area contributed by atoms with E-state index >= 15 is 0 Å². The Morgan fingerprint density at radius 1 is 0.879 bits per heavy atom. The Balaban J connectivity index is 2.44. The van der Waals surface area contributed by atoms with Gasteiger partial charge in [0, 0.05) is 11.8 Å². The molecule has 1 fully saturated rings. The van der Waals surface area contributed by atoms with E-state index in [4.69, 9.17) is 18.3 Å². The van der Waals surface area contributed by atoms with E-state index in [-0.39, 0.29) is 23.6 Å². The van der Waals surface area contributed by atoms with E-state index in [1.807, 2.05) is 18.2 Å². The van der Waals surface area contributed by atoms with Crippen molar-refractivity contribution in [1.29, 1.82) is 0 Å². The molecule has 1 saturated heterocycles. The van der Waals surface area contributed by atoms with Crippen molar-refractivity contribution in [3.63, 3.8) is 0 Å². The molecule has 1 aliphatic rings. The quantitative estimate of drug-likeness (QED) is 0.213. The average molecular weight is 513 g/mol. The van der Waals surface area contributed by atoms with Crippen LogP contribution >= 0.6 is 11.8 Å². The Hall–Kier alpha value is -0.646. The number of thioether (sulfide) groups is 1. The van der Waals surface area contributed by atoms with Crippen molar-refractivity contribution in [2.24, 2.45) is 0 Å². The van der Waals surface area contributed by atoms with Gasteiger partial charge in [0.2, 0.25) is 0 Å². The van der Waals surface area contributed by atoms with Crippen LogP contribution in [0.4, 0.5) is 0 Å². The third-order valence-corrected chi connectivity index (χ3v) is 17.8. The minimum atomic E-state index is -1.99. The summed E-state index contributed by atoms with van der Waals surface area (Å²) in [5.41, 5.74) is -0.334. The molecule has 1 heterocycles. The lowest BCUT2D eigenvalue weighted by Crippen LogP contribution is -2.61. The molecule has 0 radical (unpaired) electrons. The van der Waals surface area contributed by atoms with Gasteiger partial charge in [0.25, 0.3) is 0 Å². The summed E-state index contributed by atoms with van der Waals surface area (Å²) in [5.74, 6) is -0.307. The second-order valence-electron chi connectivity index (χ2n) is 8.93. The van der Waals surface area contributed by atoms with Crippen LogP contribution in [0.5, 0.6) is 0 Å². The summed E-state index contributed by atoms with van der Waals surface area (Å²) in [6, 6.07) is 16.4. The zero-order valence-electron chi connectivity index (χ0n) is 21.6. The van der Waals surface area contributed by atoms with E-state index < -0.39 is 22.7 Å². The lowest BCUT2D eigenvalue weighted by molar-refractivity contribution is -0.184. The number of rotatable bonds is 13. The number of hydrogen-bond donors (Lipinski definition) is 0. The van der Waals surface area contributed by atoms with Crippen molar-refractivity contribution < 1.29 is 23.1 Å². The van der Waals surface area contributed by atoms with Gasteiger partial charge in [-0.3, -0.25) is 4.79 Å². The first-order valence-electron chi connectivity index (χ1n) is 12.7. The minimum Gasteiger partial charge on any atom is -0.456 e. The summed E-state index contributed by atoms with van der Waals surface area (Å²) >= 11 is 1.60. The maximum Gasteiger partial charge on any atom is 0.303 e. The van der Waals surface area contributed by atoms with Crippen molar-refractivity contribution in [2.75, 3.05) is 6.61 Å². The molecule has 4 atom stereocenters. The normalized spacial score (nSPS) is 24.0. The molecule has 0 N–H and O–H groups in total. The van der Waals surface area contributed by atoms with Crippen LogP contribution in [0, 0.1) is 0 Å². The van der Waals surface area contributed by atoms with Gasteiger partial charge < -0.3 is 18.3 Å². The van der Waals surface area contributed by atoms with Gasteiger partial charge in [-0.1, -0.05) is 71.5 Å². The number of hydrogen-bond acceptors (Lipinski definition) is 6. The van der Waals surface area contributed by atoms with Gasteiger partial charge in [0.1, 0.15) is 11.5 Å². The zero-order chi connectivity index (χ0) is 24.5. The standard InChI is InChI=1S/C25H44O5SSi2/c1-8-32(9-2,10-3)29-22-19-27-25(31-21-17-15-14-16-18-21)24(28-20(7)26)23(22)30-33(11-4,12-5)13-6/h14-18,22-25H,8-13,19H2,1-7H3/t22-,23-,24+,25+/m0/s1. The van der Waals surface area contributed by atoms with Gasteiger partial charge in [-0.15, -0.1) is 0 Å². The Bertz CT molecular complexity index is 695. The molecule has 0 aliphatic carbocycles. The van der Waals surface area contributed by atoms with Gasteiger partial charge in [-0.2, -0.15) is 0 Å². The third-order valence-electron chi connectivity index (χ3n) is 7.33. The van der Waals surface area contributed by atoms with Gasteiger partial charge in [-0.05, 0) is 48.4 Å². The molecule has 0 amide bonds. The molecule has 0 bridgehead atoms.